The van der Waals surface area contributed by atoms with Crippen LogP contribution in [0, 0.1) is 13.8 Å². The number of carbonyl (C=O) groups excluding carboxylic acids is 1. The van der Waals surface area contributed by atoms with Gasteiger partial charge in [-0.3, -0.25) is 4.79 Å². The van der Waals surface area contributed by atoms with Gasteiger partial charge in [0.05, 0.1) is 0 Å². The predicted octanol–water partition coefficient (Wildman–Crippen LogP) is 3.29. The summed E-state index contributed by atoms with van der Waals surface area (Å²) in [6.45, 7) is 6.98. The Morgan fingerprint density at radius 3 is 2.68 bits per heavy atom. The van der Waals surface area contributed by atoms with E-state index in [0.717, 1.165) is 36.1 Å². The molecule has 0 aliphatic carbocycles. The zero-order chi connectivity index (χ0) is 14.0. The Hall–Kier alpha value is -1.51. The molecule has 1 atom stereocenters. The second kappa shape index (κ2) is 5.64. The highest BCUT2D eigenvalue weighted by Gasteiger charge is 2.24. The molecule has 19 heavy (non-hydrogen) atoms. The van der Waals surface area contributed by atoms with Crippen LogP contribution >= 0.6 is 0 Å². The van der Waals surface area contributed by atoms with E-state index in [-0.39, 0.29) is 5.91 Å². The normalized spacial score (nSPS) is 20.2. The highest BCUT2D eigenvalue weighted by molar-refractivity contribution is 5.97. The number of hydrogen-bond acceptors (Lipinski definition) is 2. The fourth-order valence-electron chi connectivity index (χ4n) is 2.83. The number of nitrogens with zero attached hydrogens (tertiary/aromatic N) is 1. The monoisotopic (exact) mass is 260 g/mol. The molecule has 2 rings (SSSR count). The van der Waals surface area contributed by atoms with E-state index >= 15 is 0 Å². The first-order valence-corrected chi connectivity index (χ1v) is 7.18. The number of likely N-dealkylation sites (tertiary alicyclic amines) is 1. The van der Waals surface area contributed by atoms with Crippen LogP contribution in [-0.2, 0) is 0 Å². The molecule has 1 heterocycles. The average Bonchev–Trinajstić information content (AvgIpc) is 2.58. The van der Waals surface area contributed by atoms with E-state index in [4.69, 9.17) is 5.73 Å². The maximum absolute atomic E-state index is 12.7. The molecule has 0 spiro atoms. The van der Waals surface area contributed by atoms with E-state index in [2.05, 4.69) is 6.92 Å². The van der Waals surface area contributed by atoms with Crippen molar-refractivity contribution in [3.63, 3.8) is 0 Å². The number of amides is 1. The van der Waals surface area contributed by atoms with Gasteiger partial charge in [0.15, 0.2) is 0 Å². The van der Waals surface area contributed by atoms with Crippen molar-refractivity contribution in [1.82, 2.24) is 4.90 Å². The standard InChI is InChI=1S/C16H24N2O/c1-11-9-12(2)15(17)10-14(11)16(19)18-8-6-4-5-7-13(18)3/h9-10,13H,4-8,17H2,1-3H3. The lowest BCUT2D eigenvalue weighted by molar-refractivity contribution is 0.0697. The Kier molecular flexibility index (Phi) is 4.13. The predicted molar refractivity (Wildman–Crippen MR) is 79.3 cm³/mol. The molecule has 0 aromatic heterocycles. The summed E-state index contributed by atoms with van der Waals surface area (Å²) < 4.78 is 0. The van der Waals surface area contributed by atoms with Gasteiger partial charge >= 0.3 is 0 Å². The molecule has 3 nitrogen and oxygen atoms in total. The van der Waals surface area contributed by atoms with Crippen LogP contribution in [0.2, 0.25) is 0 Å². The highest BCUT2D eigenvalue weighted by atomic mass is 16.2. The van der Waals surface area contributed by atoms with Crippen molar-refractivity contribution in [2.24, 2.45) is 0 Å². The van der Waals surface area contributed by atoms with Crippen molar-refractivity contribution in [2.75, 3.05) is 12.3 Å². The average molecular weight is 260 g/mol. The lowest BCUT2D eigenvalue weighted by Gasteiger charge is -2.28. The van der Waals surface area contributed by atoms with E-state index in [1.165, 1.54) is 12.8 Å². The van der Waals surface area contributed by atoms with E-state index < -0.39 is 0 Å². The van der Waals surface area contributed by atoms with Crippen molar-refractivity contribution in [1.29, 1.82) is 0 Å². The second-order valence-corrected chi connectivity index (χ2v) is 5.72. The number of benzene rings is 1. The van der Waals surface area contributed by atoms with Crippen LogP contribution in [0.15, 0.2) is 12.1 Å². The van der Waals surface area contributed by atoms with Crippen molar-refractivity contribution < 1.29 is 4.79 Å². The quantitative estimate of drug-likeness (QED) is 0.788. The summed E-state index contributed by atoms with van der Waals surface area (Å²) in [5, 5.41) is 0. The fourth-order valence-corrected chi connectivity index (χ4v) is 2.83. The first kappa shape index (κ1) is 13.9. The molecule has 1 unspecified atom stereocenters. The number of rotatable bonds is 1. The maximum atomic E-state index is 12.7. The van der Waals surface area contributed by atoms with E-state index in [1.807, 2.05) is 30.9 Å². The van der Waals surface area contributed by atoms with Crippen molar-refractivity contribution in [3.8, 4) is 0 Å². The van der Waals surface area contributed by atoms with Crippen LogP contribution in [0.5, 0.6) is 0 Å². The number of aryl methyl sites for hydroxylation is 2. The lowest BCUT2D eigenvalue weighted by Crippen LogP contribution is -2.38. The molecular weight excluding hydrogens is 236 g/mol. The summed E-state index contributed by atoms with van der Waals surface area (Å²) in [6.07, 6.45) is 4.66. The van der Waals surface area contributed by atoms with Crippen LogP contribution in [-0.4, -0.2) is 23.4 Å². The van der Waals surface area contributed by atoms with E-state index in [1.54, 1.807) is 0 Å². The fraction of sp³-hybridized carbons (Fsp3) is 0.562. The molecule has 2 N–H and O–H groups in total. The minimum absolute atomic E-state index is 0.138. The number of anilines is 1. The molecular formula is C16H24N2O. The topological polar surface area (TPSA) is 46.3 Å². The Bertz CT molecular complexity index is 482. The summed E-state index contributed by atoms with van der Waals surface area (Å²) in [5.41, 5.74) is 9.48. The van der Waals surface area contributed by atoms with Gasteiger partial charge in [-0.1, -0.05) is 18.9 Å². The third kappa shape index (κ3) is 2.91. The van der Waals surface area contributed by atoms with Gasteiger partial charge < -0.3 is 10.6 Å². The van der Waals surface area contributed by atoms with Crippen LogP contribution in [0.4, 0.5) is 5.69 Å². The largest absolute Gasteiger partial charge is 0.398 e. The van der Waals surface area contributed by atoms with Gasteiger partial charge in [0, 0.05) is 23.8 Å². The first-order chi connectivity index (χ1) is 9.00. The molecule has 1 aromatic rings. The molecule has 0 saturated carbocycles. The Balaban J connectivity index is 2.30. The Labute approximate surface area is 115 Å². The zero-order valence-corrected chi connectivity index (χ0v) is 12.2. The van der Waals surface area contributed by atoms with Crippen LogP contribution < -0.4 is 5.73 Å². The smallest absolute Gasteiger partial charge is 0.254 e. The number of nitrogen functional groups attached to an aromatic ring is 1. The van der Waals surface area contributed by atoms with Gasteiger partial charge in [-0.2, -0.15) is 0 Å². The van der Waals surface area contributed by atoms with E-state index in [9.17, 15) is 4.79 Å². The molecule has 3 heteroatoms. The van der Waals surface area contributed by atoms with Gasteiger partial charge in [-0.15, -0.1) is 0 Å². The van der Waals surface area contributed by atoms with E-state index in [0.29, 0.717) is 11.7 Å². The minimum atomic E-state index is 0.138. The molecule has 104 valence electrons. The van der Waals surface area contributed by atoms with Crippen LogP contribution in [0.1, 0.15) is 54.1 Å². The third-order valence-electron chi connectivity index (χ3n) is 4.16. The molecule has 0 bridgehead atoms. The Morgan fingerprint density at radius 1 is 1.21 bits per heavy atom. The molecule has 1 aromatic carbocycles. The summed E-state index contributed by atoms with van der Waals surface area (Å²) in [6, 6.07) is 4.17. The van der Waals surface area contributed by atoms with Gasteiger partial charge in [0.25, 0.3) is 5.91 Å². The zero-order valence-electron chi connectivity index (χ0n) is 12.2. The number of nitrogens with two attached hydrogens (primary N) is 1. The van der Waals surface area contributed by atoms with Gasteiger partial charge in [0.1, 0.15) is 0 Å². The summed E-state index contributed by atoms with van der Waals surface area (Å²) in [4.78, 5) is 14.7. The van der Waals surface area contributed by atoms with Gasteiger partial charge in [0.2, 0.25) is 0 Å². The van der Waals surface area contributed by atoms with Crippen LogP contribution in [0.25, 0.3) is 0 Å². The molecule has 1 amide bonds. The van der Waals surface area contributed by atoms with Crippen molar-refractivity contribution in [2.45, 2.75) is 52.5 Å². The summed E-state index contributed by atoms with van der Waals surface area (Å²) in [7, 11) is 0. The van der Waals surface area contributed by atoms with Gasteiger partial charge in [-0.05, 0) is 50.8 Å². The molecule has 1 aliphatic heterocycles. The number of hydrogen-bond donors (Lipinski definition) is 1. The maximum Gasteiger partial charge on any atom is 0.254 e. The molecule has 1 saturated heterocycles. The highest BCUT2D eigenvalue weighted by Crippen LogP contribution is 2.23. The molecule has 0 radical (unpaired) electrons. The molecule has 1 aliphatic rings. The minimum Gasteiger partial charge on any atom is -0.398 e. The lowest BCUT2D eigenvalue weighted by atomic mass is 10.0. The summed E-state index contributed by atoms with van der Waals surface area (Å²) >= 11 is 0. The van der Waals surface area contributed by atoms with Crippen LogP contribution in [0.3, 0.4) is 0 Å². The number of carbonyl (C=O) groups is 1. The van der Waals surface area contributed by atoms with Gasteiger partial charge in [-0.25, -0.2) is 0 Å². The first-order valence-electron chi connectivity index (χ1n) is 7.18. The second-order valence-electron chi connectivity index (χ2n) is 5.72. The SMILES string of the molecule is Cc1cc(C)c(C(=O)N2CCCCCC2C)cc1N. The summed E-state index contributed by atoms with van der Waals surface area (Å²) in [5.74, 6) is 0.138. The Morgan fingerprint density at radius 2 is 1.95 bits per heavy atom. The third-order valence-corrected chi connectivity index (χ3v) is 4.16. The molecule has 1 fully saturated rings. The van der Waals surface area contributed by atoms with Crippen molar-refractivity contribution in [3.05, 3.63) is 28.8 Å². The van der Waals surface area contributed by atoms with Crippen molar-refractivity contribution >= 4 is 11.6 Å².